The molecular weight excluding hydrogens is 386 g/mol. The number of carbonyl (C=O) groups is 1. The molecule has 1 amide bonds. The van der Waals surface area contributed by atoms with Crippen LogP contribution in [0.5, 0.6) is 0 Å². The molecule has 0 spiro atoms. The highest BCUT2D eigenvalue weighted by Gasteiger charge is 2.17. The van der Waals surface area contributed by atoms with Crippen molar-refractivity contribution >= 4 is 34.2 Å². The molecule has 0 saturated heterocycles. The normalized spacial score (nSPS) is 10.8. The Bertz CT molecular complexity index is 1250. The summed E-state index contributed by atoms with van der Waals surface area (Å²) in [7, 11) is 0. The van der Waals surface area contributed by atoms with Gasteiger partial charge < -0.3 is 5.32 Å². The summed E-state index contributed by atoms with van der Waals surface area (Å²) >= 11 is 5.89. The van der Waals surface area contributed by atoms with Crippen molar-refractivity contribution < 1.29 is 4.79 Å². The van der Waals surface area contributed by atoms with Crippen molar-refractivity contribution in [1.29, 1.82) is 0 Å². The van der Waals surface area contributed by atoms with Crippen molar-refractivity contribution in [3.05, 3.63) is 105 Å². The molecular formula is C23H18ClN3O2. The van der Waals surface area contributed by atoms with Crippen LogP contribution in [0.4, 0.5) is 5.69 Å². The smallest absolute Gasteiger partial charge is 0.265 e. The van der Waals surface area contributed by atoms with Crippen LogP contribution in [0.2, 0.25) is 5.02 Å². The molecule has 2 aromatic heterocycles. The lowest BCUT2D eigenvalue weighted by Crippen LogP contribution is -2.30. The van der Waals surface area contributed by atoms with Crippen LogP contribution < -0.4 is 10.9 Å². The molecule has 144 valence electrons. The topological polar surface area (TPSA) is 64.0 Å². The highest BCUT2D eigenvalue weighted by molar-refractivity contribution is 6.30. The summed E-state index contributed by atoms with van der Waals surface area (Å²) in [5.41, 5.74) is 2.88. The minimum Gasteiger partial charge on any atom is -0.322 e. The van der Waals surface area contributed by atoms with Gasteiger partial charge in [-0.25, -0.2) is 4.98 Å². The monoisotopic (exact) mass is 403 g/mol. The van der Waals surface area contributed by atoms with E-state index in [4.69, 9.17) is 11.6 Å². The molecule has 0 aliphatic carbocycles. The number of halogens is 1. The lowest BCUT2D eigenvalue weighted by molar-refractivity contribution is 0.102. The van der Waals surface area contributed by atoms with Gasteiger partial charge in [-0.1, -0.05) is 41.4 Å². The molecule has 4 rings (SSSR count). The third kappa shape index (κ3) is 4.05. The van der Waals surface area contributed by atoms with Gasteiger partial charge >= 0.3 is 0 Å². The van der Waals surface area contributed by atoms with E-state index in [1.54, 1.807) is 42.6 Å². The second kappa shape index (κ2) is 7.89. The van der Waals surface area contributed by atoms with E-state index in [0.29, 0.717) is 22.9 Å². The second-order valence-corrected chi connectivity index (χ2v) is 7.25. The van der Waals surface area contributed by atoms with Crippen LogP contribution in [0.25, 0.3) is 11.0 Å². The number of rotatable bonds is 4. The maximum atomic E-state index is 13.2. The van der Waals surface area contributed by atoms with Gasteiger partial charge in [-0.05, 0) is 55.0 Å². The zero-order valence-corrected chi connectivity index (χ0v) is 16.5. The van der Waals surface area contributed by atoms with Gasteiger partial charge in [-0.15, -0.1) is 0 Å². The van der Waals surface area contributed by atoms with Crippen LogP contribution in [0.1, 0.15) is 21.5 Å². The van der Waals surface area contributed by atoms with Crippen molar-refractivity contribution in [2.45, 2.75) is 13.5 Å². The molecule has 0 atom stereocenters. The second-order valence-electron chi connectivity index (χ2n) is 6.81. The average Bonchev–Trinajstić information content (AvgIpc) is 2.73. The highest BCUT2D eigenvalue weighted by Crippen LogP contribution is 2.16. The standard InChI is InChI=1S/C23H18ClN3O2/c1-15-4-6-16(7-5-15)14-27-21-17(3-2-12-25-21)13-20(23(27)29)22(28)26-19-10-8-18(24)9-11-19/h2-13H,14H2,1H3,(H,26,28). The van der Waals surface area contributed by atoms with E-state index < -0.39 is 5.91 Å². The Morgan fingerprint density at radius 1 is 1.07 bits per heavy atom. The summed E-state index contributed by atoms with van der Waals surface area (Å²) in [4.78, 5) is 30.4. The van der Waals surface area contributed by atoms with E-state index in [1.807, 2.05) is 37.3 Å². The highest BCUT2D eigenvalue weighted by atomic mass is 35.5. The molecule has 0 aliphatic heterocycles. The Kier molecular flexibility index (Phi) is 5.14. The van der Waals surface area contributed by atoms with Crippen LogP contribution in [-0.2, 0) is 6.54 Å². The summed E-state index contributed by atoms with van der Waals surface area (Å²) in [5, 5.41) is 4.05. The van der Waals surface area contributed by atoms with E-state index in [-0.39, 0.29) is 11.1 Å². The zero-order valence-electron chi connectivity index (χ0n) is 15.7. The quantitative estimate of drug-likeness (QED) is 0.539. The first-order valence-electron chi connectivity index (χ1n) is 9.12. The van der Waals surface area contributed by atoms with Gasteiger partial charge in [0.1, 0.15) is 11.2 Å². The summed E-state index contributed by atoms with van der Waals surface area (Å²) < 4.78 is 1.54. The fourth-order valence-corrected chi connectivity index (χ4v) is 3.25. The van der Waals surface area contributed by atoms with Gasteiger partial charge in [0, 0.05) is 22.3 Å². The molecule has 6 heteroatoms. The van der Waals surface area contributed by atoms with Gasteiger partial charge in [0.25, 0.3) is 11.5 Å². The van der Waals surface area contributed by atoms with E-state index >= 15 is 0 Å². The summed E-state index contributed by atoms with van der Waals surface area (Å²) in [6.07, 6.45) is 1.64. The Hall–Kier alpha value is -3.44. The average molecular weight is 404 g/mol. The third-order valence-corrected chi connectivity index (χ3v) is 4.91. The molecule has 5 nitrogen and oxygen atoms in total. The van der Waals surface area contributed by atoms with Crippen molar-refractivity contribution in [2.24, 2.45) is 0 Å². The van der Waals surface area contributed by atoms with E-state index in [2.05, 4.69) is 10.3 Å². The summed E-state index contributed by atoms with van der Waals surface area (Å²) in [6, 6.07) is 19.9. The lowest BCUT2D eigenvalue weighted by atomic mass is 10.1. The zero-order chi connectivity index (χ0) is 20.4. The molecule has 2 aromatic carbocycles. The van der Waals surface area contributed by atoms with Crippen molar-refractivity contribution in [2.75, 3.05) is 5.32 Å². The van der Waals surface area contributed by atoms with Crippen molar-refractivity contribution in [3.63, 3.8) is 0 Å². The van der Waals surface area contributed by atoms with Crippen LogP contribution in [0, 0.1) is 6.92 Å². The van der Waals surface area contributed by atoms with Gasteiger partial charge in [-0.3, -0.25) is 14.2 Å². The van der Waals surface area contributed by atoms with E-state index in [0.717, 1.165) is 16.5 Å². The molecule has 0 radical (unpaired) electrons. The number of pyridine rings is 2. The number of hydrogen-bond acceptors (Lipinski definition) is 3. The molecule has 29 heavy (non-hydrogen) atoms. The number of aromatic nitrogens is 2. The fourth-order valence-electron chi connectivity index (χ4n) is 3.12. The molecule has 0 aliphatic rings. The number of benzene rings is 2. The first kappa shape index (κ1) is 18.9. The van der Waals surface area contributed by atoms with E-state index in [1.165, 1.54) is 4.57 Å². The Morgan fingerprint density at radius 2 is 1.79 bits per heavy atom. The number of nitrogens with zero attached hydrogens (tertiary/aromatic N) is 2. The molecule has 0 fully saturated rings. The molecule has 0 unspecified atom stereocenters. The largest absolute Gasteiger partial charge is 0.322 e. The predicted octanol–water partition coefficient (Wildman–Crippen LogP) is 4.66. The number of fused-ring (bicyclic) bond motifs is 1. The Morgan fingerprint density at radius 3 is 2.52 bits per heavy atom. The lowest BCUT2D eigenvalue weighted by Gasteiger charge is -2.13. The number of aryl methyl sites for hydroxylation is 1. The van der Waals surface area contributed by atoms with Crippen LogP contribution in [0.15, 0.2) is 77.7 Å². The van der Waals surface area contributed by atoms with Gasteiger partial charge in [0.2, 0.25) is 0 Å². The Balaban J connectivity index is 1.77. The SMILES string of the molecule is Cc1ccc(Cn2c(=O)c(C(=O)Nc3ccc(Cl)cc3)cc3cccnc32)cc1. The minimum atomic E-state index is -0.472. The third-order valence-electron chi connectivity index (χ3n) is 4.66. The Labute approximate surface area is 172 Å². The first-order valence-corrected chi connectivity index (χ1v) is 9.50. The number of hydrogen-bond donors (Lipinski definition) is 1. The molecule has 0 saturated carbocycles. The van der Waals surface area contributed by atoms with Gasteiger partial charge in [0.15, 0.2) is 0 Å². The fraction of sp³-hybridized carbons (Fsp3) is 0.0870. The van der Waals surface area contributed by atoms with Crippen LogP contribution in [0.3, 0.4) is 0 Å². The van der Waals surface area contributed by atoms with Crippen molar-refractivity contribution in [1.82, 2.24) is 9.55 Å². The molecule has 0 bridgehead atoms. The van der Waals surface area contributed by atoms with E-state index in [9.17, 15) is 9.59 Å². The molecule has 1 N–H and O–H groups in total. The molecule has 2 heterocycles. The maximum Gasteiger partial charge on any atom is 0.265 e. The van der Waals surface area contributed by atoms with Gasteiger partial charge in [0.05, 0.1) is 6.54 Å². The van der Waals surface area contributed by atoms with Crippen molar-refractivity contribution in [3.8, 4) is 0 Å². The number of anilines is 1. The minimum absolute atomic E-state index is 0.0626. The predicted molar refractivity (Wildman–Crippen MR) is 116 cm³/mol. The van der Waals surface area contributed by atoms with Crippen LogP contribution >= 0.6 is 11.6 Å². The summed E-state index contributed by atoms with van der Waals surface area (Å²) in [5.74, 6) is -0.472. The van der Waals surface area contributed by atoms with Gasteiger partial charge in [-0.2, -0.15) is 0 Å². The summed E-state index contributed by atoms with van der Waals surface area (Å²) in [6.45, 7) is 2.34. The molecule has 4 aromatic rings. The van der Waals surface area contributed by atoms with Crippen LogP contribution in [-0.4, -0.2) is 15.5 Å². The maximum absolute atomic E-state index is 13.2. The number of amides is 1. The first-order chi connectivity index (χ1) is 14.0. The number of nitrogens with one attached hydrogen (secondary N) is 1. The number of carbonyl (C=O) groups excluding carboxylic acids is 1.